The third-order valence-corrected chi connectivity index (χ3v) is 5.52. The van der Waals surface area contributed by atoms with E-state index in [1.807, 2.05) is 11.3 Å². The average molecular weight is 287 g/mol. The Kier molecular flexibility index (Phi) is 4.70. The van der Waals surface area contributed by atoms with Crippen molar-refractivity contribution < 1.29 is 0 Å². The molecular weight excluding hydrogens is 264 g/mol. The van der Waals surface area contributed by atoms with E-state index >= 15 is 0 Å². The molecule has 2 saturated heterocycles. The summed E-state index contributed by atoms with van der Waals surface area (Å²) in [5, 5.41) is 5.71. The summed E-state index contributed by atoms with van der Waals surface area (Å²) in [6, 6.07) is 2.25. The molecule has 1 spiro atoms. The number of rotatable bonds is 2. The van der Waals surface area contributed by atoms with Crippen molar-refractivity contribution in [3.8, 4) is 0 Å². The normalized spacial score (nSPS) is 23.2. The molecule has 0 aromatic carbocycles. The fraction of sp³-hybridized carbons (Fsp3) is 0.714. The van der Waals surface area contributed by atoms with Crippen molar-refractivity contribution in [2.45, 2.75) is 32.7 Å². The first-order valence-corrected chi connectivity index (χ1v) is 7.62. The first-order valence-electron chi connectivity index (χ1n) is 6.74. The molecular formula is C14H23ClN2S. The van der Waals surface area contributed by atoms with Gasteiger partial charge in [-0.05, 0) is 68.2 Å². The van der Waals surface area contributed by atoms with E-state index < -0.39 is 0 Å². The summed E-state index contributed by atoms with van der Waals surface area (Å²) in [6.07, 6.45) is 4.18. The van der Waals surface area contributed by atoms with Crippen LogP contribution in [0, 0.1) is 12.3 Å². The molecule has 0 atom stereocenters. The summed E-state index contributed by atoms with van der Waals surface area (Å²) in [4.78, 5) is 4.24. The van der Waals surface area contributed by atoms with E-state index in [0.717, 1.165) is 0 Å². The Morgan fingerprint density at radius 3 is 2.78 bits per heavy atom. The molecule has 0 amide bonds. The SMILES string of the molecule is Cc1ccsc1CN1CCC2(CCNCC2)C1.Cl. The molecule has 1 aromatic rings. The van der Waals surface area contributed by atoms with Crippen LogP contribution in [0.15, 0.2) is 11.4 Å². The number of nitrogens with one attached hydrogen (secondary N) is 1. The van der Waals surface area contributed by atoms with Gasteiger partial charge >= 0.3 is 0 Å². The van der Waals surface area contributed by atoms with Gasteiger partial charge in [0.1, 0.15) is 0 Å². The number of hydrogen-bond donors (Lipinski definition) is 1. The molecule has 2 nitrogen and oxygen atoms in total. The van der Waals surface area contributed by atoms with Crippen LogP contribution in [0.5, 0.6) is 0 Å². The van der Waals surface area contributed by atoms with E-state index in [9.17, 15) is 0 Å². The Balaban J connectivity index is 0.00000120. The van der Waals surface area contributed by atoms with Crippen LogP contribution in [0.4, 0.5) is 0 Å². The topological polar surface area (TPSA) is 15.3 Å². The lowest BCUT2D eigenvalue weighted by molar-refractivity contribution is 0.194. The second kappa shape index (κ2) is 5.91. The second-order valence-electron chi connectivity index (χ2n) is 5.74. The molecule has 3 rings (SSSR count). The van der Waals surface area contributed by atoms with Crippen LogP contribution in [0.1, 0.15) is 29.7 Å². The van der Waals surface area contributed by atoms with Crippen LogP contribution in [-0.4, -0.2) is 31.1 Å². The minimum Gasteiger partial charge on any atom is -0.317 e. The molecule has 0 unspecified atom stereocenters. The van der Waals surface area contributed by atoms with Gasteiger partial charge in [-0.15, -0.1) is 23.7 Å². The average Bonchev–Trinajstić information content (AvgIpc) is 2.90. The number of thiophene rings is 1. The van der Waals surface area contributed by atoms with Crippen LogP contribution in [-0.2, 0) is 6.54 Å². The Labute approximate surface area is 120 Å². The van der Waals surface area contributed by atoms with Gasteiger partial charge in [0, 0.05) is 18.0 Å². The van der Waals surface area contributed by atoms with Gasteiger partial charge in [0.05, 0.1) is 0 Å². The third-order valence-electron chi connectivity index (χ3n) is 4.52. The summed E-state index contributed by atoms with van der Waals surface area (Å²) >= 11 is 1.92. The Bertz CT molecular complexity index is 385. The number of nitrogens with zero attached hydrogens (tertiary/aromatic N) is 1. The van der Waals surface area contributed by atoms with Crippen molar-refractivity contribution in [3.63, 3.8) is 0 Å². The number of halogens is 1. The van der Waals surface area contributed by atoms with Crippen molar-refractivity contribution in [3.05, 3.63) is 21.9 Å². The maximum absolute atomic E-state index is 3.49. The van der Waals surface area contributed by atoms with Crippen LogP contribution in [0.3, 0.4) is 0 Å². The Morgan fingerprint density at radius 2 is 2.11 bits per heavy atom. The number of hydrogen-bond acceptors (Lipinski definition) is 3. The molecule has 2 aliphatic rings. The van der Waals surface area contributed by atoms with Gasteiger partial charge in [-0.1, -0.05) is 0 Å². The number of piperidine rings is 1. The molecule has 4 heteroatoms. The maximum atomic E-state index is 3.49. The van der Waals surface area contributed by atoms with E-state index in [2.05, 4.69) is 28.6 Å². The highest BCUT2D eigenvalue weighted by Gasteiger charge is 2.38. The van der Waals surface area contributed by atoms with Crippen LogP contribution < -0.4 is 5.32 Å². The van der Waals surface area contributed by atoms with Crippen LogP contribution in [0.25, 0.3) is 0 Å². The van der Waals surface area contributed by atoms with Crippen molar-refractivity contribution in [2.24, 2.45) is 5.41 Å². The zero-order valence-corrected chi connectivity index (χ0v) is 12.7. The zero-order chi connectivity index (χ0) is 11.7. The first kappa shape index (κ1) is 14.3. The molecule has 2 aliphatic heterocycles. The predicted molar refractivity (Wildman–Crippen MR) is 80.7 cm³/mol. The minimum atomic E-state index is 0. The highest BCUT2D eigenvalue weighted by molar-refractivity contribution is 7.10. The predicted octanol–water partition coefficient (Wildman–Crippen LogP) is 3.05. The lowest BCUT2D eigenvalue weighted by atomic mass is 9.78. The summed E-state index contributed by atoms with van der Waals surface area (Å²) < 4.78 is 0. The molecule has 2 fully saturated rings. The smallest absolute Gasteiger partial charge is 0.0330 e. The largest absolute Gasteiger partial charge is 0.317 e. The number of aryl methyl sites for hydroxylation is 1. The fourth-order valence-electron chi connectivity index (χ4n) is 3.30. The molecule has 3 heterocycles. The Morgan fingerprint density at radius 1 is 1.33 bits per heavy atom. The van der Waals surface area contributed by atoms with E-state index in [1.54, 1.807) is 4.88 Å². The van der Waals surface area contributed by atoms with Gasteiger partial charge < -0.3 is 5.32 Å². The van der Waals surface area contributed by atoms with Crippen molar-refractivity contribution in [2.75, 3.05) is 26.2 Å². The van der Waals surface area contributed by atoms with Crippen molar-refractivity contribution >= 4 is 23.7 Å². The highest BCUT2D eigenvalue weighted by atomic mass is 35.5. The fourth-order valence-corrected chi connectivity index (χ4v) is 4.24. The van der Waals surface area contributed by atoms with Gasteiger partial charge in [-0.2, -0.15) is 0 Å². The standard InChI is InChI=1S/C14H22N2S.ClH/c1-12-2-9-17-13(12)10-16-8-5-14(11-16)3-6-15-7-4-14;/h2,9,15H,3-8,10-11H2,1H3;1H. The maximum Gasteiger partial charge on any atom is 0.0330 e. The molecule has 0 saturated carbocycles. The van der Waals surface area contributed by atoms with Crippen LogP contribution in [0.2, 0.25) is 0 Å². The van der Waals surface area contributed by atoms with E-state index in [0.29, 0.717) is 5.41 Å². The molecule has 0 bridgehead atoms. The van der Waals surface area contributed by atoms with Crippen molar-refractivity contribution in [1.29, 1.82) is 0 Å². The van der Waals surface area contributed by atoms with Crippen LogP contribution >= 0.6 is 23.7 Å². The number of likely N-dealkylation sites (tertiary alicyclic amines) is 1. The molecule has 18 heavy (non-hydrogen) atoms. The summed E-state index contributed by atoms with van der Waals surface area (Å²) in [6.45, 7) is 8.50. The zero-order valence-electron chi connectivity index (χ0n) is 11.1. The molecule has 0 aliphatic carbocycles. The van der Waals surface area contributed by atoms with Gasteiger partial charge in [0.2, 0.25) is 0 Å². The van der Waals surface area contributed by atoms with Crippen molar-refractivity contribution in [1.82, 2.24) is 10.2 Å². The first-order chi connectivity index (χ1) is 8.27. The van der Waals surface area contributed by atoms with E-state index in [-0.39, 0.29) is 12.4 Å². The summed E-state index contributed by atoms with van der Waals surface area (Å²) in [7, 11) is 0. The lowest BCUT2D eigenvalue weighted by Gasteiger charge is -2.33. The quantitative estimate of drug-likeness (QED) is 0.899. The summed E-state index contributed by atoms with van der Waals surface area (Å²) in [5.74, 6) is 0. The molecule has 1 N–H and O–H groups in total. The van der Waals surface area contributed by atoms with E-state index in [1.165, 1.54) is 57.5 Å². The molecule has 102 valence electrons. The van der Waals surface area contributed by atoms with Gasteiger partial charge in [-0.3, -0.25) is 4.90 Å². The third kappa shape index (κ3) is 2.90. The molecule has 0 radical (unpaired) electrons. The Hall–Kier alpha value is -0.0900. The van der Waals surface area contributed by atoms with Gasteiger partial charge in [-0.25, -0.2) is 0 Å². The summed E-state index contributed by atoms with van der Waals surface area (Å²) in [5.41, 5.74) is 2.12. The minimum absolute atomic E-state index is 0. The highest BCUT2D eigenvalue weighted by Crippen LogP contribution is 2.39. The monoisotopic (exact) mass is 286 g/mol. The molecule has 1 aromatic heterocycles. The van der Waals surface area contributed by atoms with E-state index in [4.69, 9.17) is 0 Å². The second-order valence-corrected chi connectivity index (χ2v) is 6.74. The van der Waals surface area contributed by atoms with Gasteiger partial charge in [0.15, 0.2) is 0 Å². The van der Waals surface area contributed by atoms with Gasteiger partial charge in [0.25, 0.3) is 0 Å². The lowest BCUT2D eigenvalue weighted by Crippen LogP contribution is -2.38.